The van der Waals surface area contributed by atoms with E-state index in [1.807, 2.05) is 31.3 Å². The maximum absolute atomic E-state index is 6.08. The number of pyridine rings is 1. The first-order chi connectivity index (χ1) is 10.7. The molecule has 3 aromatic rings. The van der Waals surface area contributed by atoms with E-state index in [9.17, 15) is 0 Å². The summed E-state index contributed by atoms with van der Waals surface area (Å²) >= 11 is 0. The zero-order valence-corrected chi connectivity index (χ0v) is 12.8. The molecule has 112 valence electrons. The highest BCUT2D eigenvalue weighted by atomic mass is 16.5. The molecule has 1 aromatic heterocycles. The number of nitrogens with one attached hydrogen (secondary N) is 1. The normalized spacial score (nSPS) is 10.8. The number of nitrogen functional groups attached to an aromatic ring is 1. The molecule has 0 aliphatic carbocycles. The van der Waals surface area contributed by atoms with Crippen LogP contribution in [0, 0.1) is 0 Å². The van der Waals surface area contributed by atoms with Crippen LogP contribution >= 0.6 is 0 Å². The number of nitrogens with zero attached hydrogens (tertiary/aromatic N) is 1. The number of methoxy groups -OCH3 is 1. The van der Waals surface area contributed by atoms with Gasteiger partial charge >= 0.3 is 0 Å². The smallest absolute Gasteiger partial charge is 0.145 e. The van der Waals surface area contributed by atoms with E-state index in [-0.39, 0.29) is 0 Å². The fourth-order valence-corrected chi connectivity index (χ4v) is 2.66. The van der Waals surface area contributed by atoms with Crippen LogP contribution in [-0.2, 0) is 6.54 Å². The largest absolute Gasteiger partial charge is 0.494 e. The van der Waals surface area contributed by atoms with E-state index in [4.69, 9.17) is 10.5 Å². The summed E-state index contributed by atoms with van der Waals surface area (Å²) in [6, 6.07) is 16.4. The average Bonchev–Trinajstić information content (AvgIpc) is 2.56. The summed E-state index contributed by atoms with van der Waals surface area (Å²) in [4.78, 5) is 4.56. The summed E-state index contributed by atoms with van der Waals surface area (Å²) in [7, 11) is 3.55. The number of benzene rings is 2. The highest BCUT2D eigenvalue weighted by Crippen LogP contribution is 2.35. The van der Waals surface area contributed by atoms with Crippen LogP contribution in [0.2, 0.25) is 0 Å². The van der Waals surface area contributed by atoms with Crippen molar-refractivity contribution in [2.45, 2.75) is 6.54 Å². The van der Waals surface area contributed by atoms with Crippen molar-refractivity contribution in [2.75, 3.05) is 19.9 Å². The Morgan fingerprint density at radius 1 is 1.14 bits per heavy atom. The summed E-state index contributed by atoms with van der Waals surface area (Å²) in [5.41, 5.74) is 10.1. The fourth-order valence-electron chi connectivity index (χ4n) is 2.66. The van der Waals surface area contributed by atoms with Crippen molar-refractivity contribution >= 4 is 16.7 Å². The Hall–Kier alpha value is -2.59. The predicted molar refractivity (Wildman–Crippen MR) is 90.9 cm³/mol. The molecule has 0 radical (unpaired) electrons. The molecule has 0 amide bonds. The van der Waals surface area contributed by atoms with Crippen molar-refractivity contribution < 1.29 is 4.74 Å². The van der Waals surface area contributed by atoms with Crippen LogP contribution in [0.3, 0.4) is 0 Å². The van der Waals surface area contributed by atoms with Gasteiger partial charge in [-0.05, 0) is 36.4 Å². The molecule has 3 N–H and O–H groups in total. The molecule has 4 heteroatoms. The third kappa shape index (κ3) is 2.49. The highest BCUT2D eigenvalue weighted by molar-refractivity contribution is 5.99. The van der Waals surface area contributed by atoms with Gasteiger partial charge in [0.1, 0.15) is 17.1 Å². The number of hydrogen-bond acceptors (Lipinski definition) is 4. The third-order valence-electron chi connectivity index (χ3n) is 3.73. The van der Waals surface area contributed by atoms with Gasteiger partial charge in [-0.3, -0.25) is 0 Å². The Bertz CT molecular complexity index is 800. The van der Waals surface area contributed by atoms with Gasteiger partial charge in [-0.15, -0.1) is 0 Å². The SMILES string of the molecule is CNCc1cc2c(-c3ccccc3)ccc(OC)c2nc1N. The lowest BCUT2D eigenvalue weighted by Crippen LogP contribution is -2.09. The van der Waals surface area contributed by atoms with Crippen molar-refractivity contribution in [3.8, 4) is 16.9 Å². The van der Waals surface area contributed by atoms with Crippen LogP contribution in [0.5, 0.6) is 5.75 Å². The number of hydrogen-bond donors (Lipinski definition) is 2. The van der Waals surface area contributed by atoms with Gasteiger partial charge in [0, 0.05) is 17.5 Å². The zero-order chi connectivity index (χ0) is 15.5. The van der Waals surface area contributed by atoms with Gasteiger partial charge in [-0.1, -0.05) is 30.3 Å². The second kappa shape index (κ2) is 6.03. The molecule has 0 aliphatic rings. The summed E-state index contributed by atoms with van der Waals surface area (Å²) in [5, 5.41) is 4.17. The first-order valence-corrected chi connectivity index (χ1v) is 7.20. The van der Waals surface area contributed by atoms with Crippen molar-refractivity contribution in [3.63, 3.8) is 0 Å². The first kappa shape index (κ1) is 14.4. The molecule has 0 unspecified atom stereocenters. The Morgan fingerprint density at radius 2 is 1.91 bits per heavy atom. The quantitative estimate of drug-likeness (QED) is 0.775. The van der Waals surface area contributed by atoms with Crippen molar-refractivity contribution in [1.29, 1.82) is 0 Å². The number of anilines is 1. The van der Waals surface area contributed by atoms with E-state index in [0.29, 0.717) is 12.4 Å². The summed E-state index contributed by atoms with van der Waals surface area (Å²) in [5.74, 6) is 1.27. The lowest BCUT2D eigenvalue weighted by atomic mass is 9.99. The van der Waals surface area contributed by atoms with Crippen LogP contribution in [0.1, 0.15) is 5.56 Å². The molecule has 3 rings (SSSR count). The monoisotopic (exact) mass is 293 g/mol. The van der Waals surface area contributed by atoms with Gasteiger partial charge in [-0.2, -0.15) is 0 Å². The van der Waals surface area contributed by atoms with Gasteiger partial charge in [0.15, 0.2) is 0 Å². The maximum Gasteiger partial charge on any atom is 0.145 e. The second-order valence-electron chi connectivity index (χ2n) is 5.14. The molecule has 4 nitrogen and oxygen atoms in total. The summed E-state index contributed by atoms with van der Waals surface area (Å²) in [6.07, 6.45) is 0. The lowest BCUT2D eigenvalue weighted by molar-refractivity contribution is 0.419. The van der Waals surface area contributed by atoms with Crippen molar-refractivity contribution in [3.05, 3.63) is 54.1 Å². The lowest BCUT2D eigenvalue weighted by Gasteiger charge is -2.13. The fraction of sp³-hybridized carbons (Fsp3) is 0.167. The van der Waals surface area contributed by atoms with Crippen LogP contribution in [-0.4, -0.2) is 19.1 Å². The number of aromatic nitrogens is 1. The minimum absolute atomic E-state index is 0.533. The molecule has 2 aromatic carbocycles. The molecule has 0 saturated heterocycles. The molecule has 0 fully saturated rings. The number of fused-ring (bicyclic) bond motifs is 1. The van der Waals surface area contributed by atoms with Crippen LogP contribution < -0.4 is 15.8 Å². The second-order valence-corrected chi connectivity index (χ2v) is 5.14. The van der Waals surface area contributed by atoms with Crippen LogP contribution in [0.15, 0.2) is 48.5 Å². The standard InChI is InChI=1S/C18H19N3O/c1-20-11-13-10-15-14(12-6-4-3-5-7-12)8-9-16(22-2)17(15)21-18(13)19/h3-10,20H,11H2,1-2H3,(H2,19,21). The molecule has 0 atom stereocenters. The van der Waals surface area contributed by atoms with Crippen molar-refractivity contribution in [1.82, 2.24) is 10.3 Å². The molecule has 22 heavy (non-hydrogen) atoms. The highest BCUT2D eigenvalue weighted by Gasteiger charge is 2.12. The summed E-state index contributed by atoms with van der Waals surface area (Å²) < 4.78 is 5.44. The van der Waals surface area contributed by atoms with Gasteiger partial charge in [-0.25, -0.2) is 4.98 Å². The Labute approximate surface area is 129 Å². The molecule has 0 saturated carbocycles. The molecular weight excluding hydrogens is 274 g/mol. The minimum atomic E-state index is 0.533. The Balaban J connectivity index is 2.31. The maximum atomic E-state index is 6.08. The van der Waals surface area contributed by atoms with Gasteiger partial charge in [0.2, 0.25) is 0 Å². The number of nitrogens with two attached hydrogens (primary N) is 1. The first-order valence-electron chi connectivity index (χ1n) is 7.20. The van der Waals surface area contributed by atoms with E-state index >= 15 is 0 Å². The van der Waals surface area contributed by atoms with Crippen LogP contribution in [0.25, 0.3) is 22.0 Å². The number of ether oxygens (including phenoxy) is 1. The van der Waals surface area contributed by atoms with E-state index in [2.05, 4.69) is 34.6 Å². The predicted octanol–water partition coefficient (Wildman–Crippen LogP) is 3.21. The third-order valence-corrected chi connectivity index (χ3v) is 3.73. The molecular formula is C18H19N3O. The van der Waals surface area contributed by atoms with Crippen molar-refractivity contribution in [2.24, 2.45) is 0 Å². The minimum Gasteiger partial charge on any atom is -0.494 e. The van der Waals surface area contributed by atoms with E-state index in [1.165, 1.54) is 0 Å². The van der Waals surface area contributed by atoms with E-state index < -0.39 is 0 Å². The molecule has 0 aliphatic heterocycles. The number of rotatable bonds is 4. The summed E-state index contributed by atoms with van der Waals surface area (Å²) in [6.45, 7) is 0.681. The van der Waals surface area contributed by atoms with Gasteiger partial charge in [0.25, 0.3) is 0 Å². The molecule has 0 bridgehead atoms. The molecule has 1 heterocycles. The zero-order valence-electron chi connectivity index (χ0n) is 12.8. The van der Waals surface area contributed by atoms with E-state index in [1.54, 1.807) is 7.11 Å². The van der Waals surface area contributed by atoms with Gasteiger partial charge < -0.3 is 15.8 Å². The Morgan fingerprint density at radius 3 is 2.59 bits per heavy atom. The topological polar surface area (TPSA) is 60.2 Å². The van der Waals surface area contributed by atoms with E-state index in [0.717, 1.165) is 33.3 Å². The molecule has 0 spiro atoms. The Kier molecular flexibility index (Phi) is 3.94. The van der Waals surface area contributed by atoms with Crippen LogP contribution in [0.4, 0.5) is 5.82 Å². The average molecular weight is 293 g/mol. The van der Waals surface area contributed by atoms with Gasteiger partial charge in [0.05, 0.1) is 7.11 Å².